The highest BCUT2D eigenvalue weighted by atomic mass is 16.3. The molecule has 0 radical (unpaired) electrons. The average Bonchev–Trinajstić information content (AvgIpc) is 2.87. The Hall–Kier alpha value is -1.55. The summed E-state index contributed by atoms with van der Waals surface area (Å²) in [7, 11) is 1.90. The lowest BCUT2D eigenvalue weighted by atomic mass is 10.2. The molecule has 0 aliphatic heterocycles. The second-order valence-corrected chi connectivity index (χ2v) is 4.30. The molecule has 2 rings (SSSR count). The minimum atomic E-state index is 0.433. The molecule has 0 amide bonds. The summed E-state index contributed by atoms with van der Waals surface area (Å²) < 4.78 is 7.56. The van der Waals surface area contributed by atoms with Gasteiger partial charge in [0.15, 0.2) is 5.76 Å². The lowest BCUT2D eigenvalue weighted by molar-refractivity contribution is 0.469. The fourth-order valence-corrected chi connectivity index (χ4v) is 1.89. The molecule has 2 heterocycles. The molecule has 0 saturated carbocycles. The SMILES string of the molecule is CCNC(C)Cc1ccc(-c2ccn(C)n2)o1. The van der Waals surface area contributed by atoms with Crippen LogP contribution in [0, 0.1) is 0 Å². The van der Waals surface area contributed by atoms with Gasteiger partial charge in [-0.3, -0.25) is 4.68 Å². The zero-order chi connectivity index (χ0) is 12.3. The molecule has 1 atom stereocenters. The number of likely N-dealkylation sites (N-methyl/N-ethyl adjacent to an activating group) is 1. The Morgan fingerprint density at radius 1 is 1.41 bits per heavy atom. The van der Waals surface area contributed by atoms with Gasteiger partial charge in [-0.2, -0.15) is 5.10 Å². The second-order valence-electron chi connectivity index (χ2n) is 4.30. The van der Waals surface area contributed by atoms with Gasteiger partial charge in [0.2, 0.25) is 0 Å². The lowest BCUT2D eigenvalue weighted by Crippen LogP contribution is -2.27. The van der Waals surface area contributed by atoms with E-state index in [1.54, 1.807) is 4.68 Å². The lowest BCUT2D eigenvalue weighted by Gasteiger charge is -2.09. The Kier molecular flexibility index (Phi) is 3.64. The summed E-state index contributed by atoms with van der Waals surface area (Å²) in [5, 5.41) is 7.68. The van der Waals surface area contributed by atoms with Gasteiger partial charge in [0.05, 0.1) is 0 Å². The van der Waals surface area contributed by atoms with Crippen molar-refractivity contribution in [1.29, 1.82) is 0 Å². The van der Waals surface area contributed by atoms with E-state index in [-0.39, 0.29) is 0 Å². The fourth-order valence-electron chi connectivity index (χ4n) is 1.89. The Morgan fingerprint density at radius 3 is 2.88 bits per heavy atom. The maximum absolute atomic E-state index is 5.78. The number of rotatable bonds is 5. The predicted molar refractivity (Wildman–Crippen MR) is 67.8 cm³/mol. The van der Waals surface area contributed by atoms with Crippen LogP contribution in [0.2, 0.25) is 0 Å². The van der Waals surface area contributed by atoms with Crippen LogP contribution in [0.3, 0.4) is 0 Å². The fraction of sp³-hybridized carbons (Fsp3) is 0.462. The number of nitrogens with zero attached hydrogens (tertiary/aromatic N) is 2. The number of hydrogen-bond donors (Lipinski definition) is 1. The van der Waals surface area contributed by atoms with Gasteiger partial charge in [-0.1, -0.05) is 6.92 Å². The highest BCUT2D eigenvalue weighted by Gasteiger charge is 2.09. The van der Waals surface area contributed by atoms with Gasteiger partial charge in [-0.15, -0.1) is 0 Å². The first kappa shape index (κ1) is 11.9. The van der Waals surface area contributed by atoms with Crippen molar-refractivity contribution in [3.05, 3.63) is 30.2 Å². The van der Waals surface area contributed by atoms with Gasteiger partial charge in [-0.25, -0.2) is 0 Å². The van der Waals surface area contributed by atoms with Crippen LogP contribution in [0.5, 0.6) is 0 Å². The molecule has 0 saturated heterocycles. The normalized spacial score (nSPS) is 12.9. The molecule has 0 bridgehead atoms. The maximum atomic E-state index is 5.78. The molecule has 0 aromatic carbocycles. The van der Waals surface area contributed by atoms with E-state index < -0.39 is 0 Å². The van der Waals surface area contributed by atoms with Gasteiger partial charge in [-0.05, 0) is 31.7 Å². The molecule has 0 aliphatic rings. The molecule has 4 nitrogen and oxygen atoms in total. The minimum absolute atomic E-state index is 0.433. The summed E-state index contributed by atoms with van der Waals surface area (Å²) in [6.45, 7) is 5.25. The van der Waals surface area contributed by atoms with Crippen molar-refractivity contribution in [2.75, 3.05) is 6.54 Å². The van der Waals surface area contributed by atoms with E-state index in [0.717, 1.165) is 30.2 Å². The summed E-state index contributed by atoms with van der Waals surface area (Å²) in [6.07, 6.45) is 2.82. The van der Waals surface area contributed by atoms with Gasteiger partial charge in [0, 0.05) is 25.7 Å². The van der Waals surface area contributed by atoms with Crippen LogP contribution in [0.15, 0.2) is 28.8 Å². The highest BCUT2D eigenvalue weighted by Crippen LogP contribution is 2.20. The monoisotopic (exact) mass is 233 g/mol. The Balaban J connectivity index is 2.05. The van der Waals surface area contributed by atoms with Crippen molar-refractivity contribution in [3.63, 3.8) is 0 Å². The largest absolute Gasteiger partial charge is 0.459 e. The van der Waals surface area contributed by atoms with Gasteiger partial charge in [0.1, 0.15) is 11.5 Å². The molecule has 0 aliphatic carbocycles. The molecular formula is C13H19N3O. The molecule has 0 spiro atoms. The molecule has 1 N–H and O–H groups in total. The number of aryl methyl sites for hydroxylation is 1. The smallest absolute Gasteiger partial charge is 0.154 e. The standard InChI is InChI=1S/C13H19N3O/c1-4-14-10(2)9-11-5-6-13(17-11)12-7-8-16(3)15-12/h5-8,10,14H,4,9H2,1-3H3. The van der Waals surface area contributed by atoms with Crippen LogP contribution in [0.25, 0.3) is 11.5 Å². The van der Waals surface area contributed by atoms with E-state index in [2.05, 4.69) is 24.3 Å². The van der Waals surface area contributed by atoms with Crippen molar-refractivity contribution in [1.82, 2.24) is 15.1 Å². The quantitative estimate of drug-likeness (QED) is 0.861. The number of nitrogens with one attached hydrogen (secondary N) is 1. The van der Waals surface area contributed by atoms with E-state index in [1.807, 2.05) is 31.4 Å². The van der Waals surface area contributed by atoms with Gasteiger partial charge >= 0.3 is 0 Å². The average molecular weight is 233 g/mol. The number of hydrogen-bond acceptors (Lipinski definition) is 3. The second kappa shape index (κ2) is 5.19. The maximum Gasteiger partial charge on any atom is 0.154 e. The van der Waals surface area contributed by atoms with Crippen LogP contribution in [0.4, 0.5) is 0 Å². The van der Waals surface area contributed by atoms with Crippen LogP contribution >= 0.6 is 0 Å². The third-order valence-electron chi connectivity index (χ3n) is 2.69. The molecule has 4 heteroatoms. The van der Waals surface area contributed by atoms with Crippen LogP contribution in [-0.4, -0.2) is 22.4 Å². The molecule has 2 aromatic heterocycles. The van der Waals surface area contributed by atoms with Crippen LogP contribution in [0.1, 0.15) is 19.6 Å². The van der Waals surface area contributed by atoms with E-state index >= 15 is 0 Å². The summed E-state index contributed by atoms with van der Waals surface area (Å²) in [4.78, 5) is 0. The first-order valence-corrected chi connectivity index (χ1v) is 6.01. The van der Waals surface area contributed by atoms with Gasteiger partial charge in [0.25, 0.3) is 0 Å². The Labute approximate surface area is 102 Å². The Morgan fingerprint density at radius 2 is 2.24 bits per heavy atom. The Bertz CT molecular complexity index is 472. The molecular weight excluding hydrogens is 214 g/mol. The van der Waals surface area contributed by atoms with E-state index in [1.165, 1.54) is 0 Å². The summed E-state index contributed by atoms with van der Waals surface area (Å²) in [5.41, 5.74) is 0.884. The summed E-state index contributed by atoms with van der Waals surface area (Å²) in [6, 6.07) is 6.40. The molecule has 0 fully saturated rings. The molecule has 17 heavy (non-hydrogen) atoms. The van der Waals surface area contributed by atoms with Crippen molar-refractivity contribution in [2.45, 2.75) is 26.3 Å². The molecule has 1 unspecified atom stereocenters. The number of aromatic nitrogens is 2. The number of furan rings is 1. The zero-order valence-corrected chi connectivity index (χ0v) is 10.6. The van der Waals surface area contributed by atoms with Crippen LogP contribution in [-0.2, 0) is 13.5 Å². The van der Waals surface area contributed by atoms with Crippen molar-refractivity contribution in [3.8, 4) is 11.5 Å². The van der Waals surface area contributed by atoms with Gasteiger partial charge < -0.3 is 9.73 Å². The minimum Gasteiger partial charge on any atom is -0.459 e. The predicted octanol–water partition coefficient (Wildman–Crippen LogP) is 2.22. The van der Waals surface area contributed by atoms with Crippen molar-refractivity contribution < 1.29 is 4.42 Å². The van der Waals surface area contributed by atoms with E-state index in [0.29, 0.717) is 6.04 Å². The summed E-state index contributed by atoms with van der Waals surface area (Å²) >= 11 is 0. The van der Waals surface area contributed by atoms with E-state index in [9.17, 15) is 0 Å². The summed E-state index contributed by atoms with van der Waals surface area (Å²) in [5.74, 6) is 1.84. The first-order chi connectivity index (χ1) is 8.19. The molecule has 2 aromatic rings. The van der Waals surface area contributed by atoms with Crippen molar-refractivity contribution >= 4 is 0 Å². The van der Waals surface area contributed by atoms with Crippen molar-refractivity contribution in [2.24, 2.45) is 7.05 Å². The highest BCUT2D eigenvalue weighted by molar-refractivity contribution is 5.51. The topological polar surface area (TPSA) is 43.0 Å². The first-order valence-electron chi connectivity index (χ1n) is 6.01. The van der Waals surface area contributed by atoms with Crippen LogP contribution < -0.4 is 5.32 Å². The molecule has 92 valence electrons. The zero-order valence-electron chi connectivity index (χ0n) is 10.6. The third-order valence-corrected chi connectivity index (χ3v) is 2.69. The van der Waals surface area contributed by atoms with E-state index in [4.69, 9.17) is 4.42 Å². The third kappa shape index (κ3) is 2.97.